The molecule has 1 heterocycles. The van der Waals surface area contributed by atoms with E-state index in [1.54, 1.807) is 0 Å². The normalized spacial score (nSPS) is 19.7. The van der Waals surface area contributed by atoms with Crippen molar-refractivity contribution in [1.29, 1.82) is 0 Å². The summed E-state index contributed by atoms with van der Waals surface area (Å²) >= 11 is 0. The number of carbonyl (C=O) groups excluding carboxylic acids is 2. The molecule has 2 fully saturated rings. The molecule has 0 aromatic heterocycles. The molecule has 8 heteroatoms. The van der Waals surface area contributed by atoms with Crippen molar-refractivity contribution in [3.8, 4) is 0 Å². The summed E-state index contributed by atoms with van der Waals surface area (Å²) in [5, 5.41) is 2.78. The van der Waals surface area contributed by atoms with E-state index in [0.717, 1.165) is 38.5 Å². The van der Waals surface area contributed by atoms with E-state index in [1.165, 1.54) is 35.5 Å². The summed E-state index contributed by atoms with van der Waals surface area (Å²) < 4.78 is 32.4. The van der Waals surface area contributed by atoms with E-state index in [4.69, 9.17) is 4.74 Å². The van der Waals surface area contributed by atoms with Crippen LogP contribution in [0.1, 0.15) is 55.8 Å². The van der Waals surface area contributed by atoms with Gasteiger partial charge in [0.1, 0.15) is 0 Å². The Balaban J connectivity index is 1.70. The predicted molar refractivity (Wildman–Crippen MR) is 99.7 cm³/mol. The van der Waals surface area contributed by atoms with E-state index in [2.05, 4.69) is 5.32 Å². The lowest BCUT2D eigenvalue weighted by molar-refractivity contribution is -0.129. The monoisotopic (exact) mass is 394 g/mol. The lowest BCUT2D eigenvalue weighted by atomic mass is 10.2. The fourth-order valence-electron chi connectivity index (χ4n) is 3.04. The van der Waals surface area contributed by atoms with Crippen molar-refractivity contribution in [2.24, 2.45) is 0 Å². The first kappa shape index (κ1) is 19.8. The van der Waals surface area contributed by atoms with Crippen LogP contribution in [0.4, 0.5) is 0 Å². The summed E-state index contributed by atoms with van der Waals surface area (Å²) in [5.74, 6) is -1.04. The third kappa shape index (κ3) is 5.07. The maximum absolute atomic E-state index is 12.9. The van der Waals surface area contributed by atoms with E-state index in [1.807, 2.05) is 0 Å². The van der Waals surface area contributed by atoms with Gasteiger partial charge in [-0.2, -0.15) is 4.31 Å². The number of hydrogen-bond donors (Lipinski definition) is 1. The fraction of sp³-hybridized carbons (Fsp3) is 0.579. The maximum Gasteiger partial charge on any atom is 0.338 e. The maximum atomic E-state index is 12.9. The van der Waals surface area contributed by atoms with Crippen LogP contribution in [-0.4, -0.2) is 49.8 Å². The molecule has 148 valence electrons. The number of nitrogens with one attached hydrogen (secondary N) is 1. The Labute approximate surface area is 160 Å². The highest BCUT2D eigenvalue weighted by atomic mass is 32.2. The molecule has 1 aromatic rings. The molecule has 1 aliphatic heterocycles. The molecule has 1 N–H and O–H groups in total. The van der Waals surface area contributed by atoms with E-state index < -0.39 is 22.1 Å². The molecule has 1 aromatic carbocycles. The van der Waals surface area contributed by atoms with Crippen molar-refractivity contribution < 1.29 is 22.7 Å². The summed E-state index contributed by atoms with van der Waals surface area (Å²) in [6, 6.07) is 6.01. The highest BCUT2D eigenvalue weighted by Crippen LogP contribution is 2.22. The van der Waals surface area contributed by atoms with Crippen LogP contribution < -0.4 is 5.32 Å². The van der Waals surface area contributed by atoms with Gasteiger partial charge in [0.25, 0.3) is 5.91 Å². The summed E-state index contributed by atoms with van der Waals surface area (Å²) in [5.41, 5.74) is 0.122. The molecular formula is C19H26N2O5S. The lowest BCUT2D eigenvalue weighted by Crippen LogP contribution is -2.37. The second-order valence-corrected chi connectivity index (χ2v) is 9.11. The Bertz CT molecular complexity index is 796. The quantitative estimate of drug-likeness (QED) is 0.746. The highest BCUT2D eigenvalue weighted by Gasteiger charge is 2.29. The average molecular weight is 394 g/mol. The van der Waals surface area contributed by atoms with Gasteiger partial charge < -0.3 is 10.1 Å². The van der Waals surface area contributed by atoms with Gasteiger partial charge in [0.05, 0.1) is 10.5 Å². The fourth-order valence-corrected chi connectivity index (χ4v) is 4.61. The second kappa shape index (κ2) is 8.39. The zero-order valence-electron chi connectivity index (χ0n) is 15.5. The molecule has 1 saturated heterocycles. The SMILES string of the molecule is C[C@@H](OC(=O)c1cccc(S(=O)(=O)N2CCCCCC2)c1)C(=O)NC1CC1. The summed E-state index contributed by atoms with van der Waals surface area (Å²) in [7, 11) is -3.65. The lowest BCUT2D eigenvalue weighted by Gasteiger charge is -2.20. The summed E-state index contributed by atoms with van der Waals surface area (Å²) in [4.78, 5) is 24.4. The molecule has 1 atom stereocenters. The standard InChI is InChI=1S/C19H26N2O5S/c1-14(18(22)20-16-9-10-16)26-19(23)15-7-6-8-17(13-15)27(24,25)21-11-4-2-3-5-12-21/h6-8,13-14,16H,2-5,9-12H2,1H3,(H,20,22)/t14-/m1/s1. The number of benzene rings is 1. The molecule has 0 radical (unpaired) electrons. The molecule has 0 spiro atoms. The molecule has 1 amide bonds. The van der Waals surface area contributed by atoms with Gasteiger partial charge in [-0.15, -0.1) is 0 Å². The van der Waals surface area contributed by atoms with Crippen molar-refractivity contribution in [2.45, 2.75) is 62.5 Å². The number of carbonyl (C=O) groups is 2. The zero-order valence-corrected chi connectivity index (χ0v) is 16.3. The van der Waals surface area contributed by atoms with Crippen molar-refractivity contribution in [2.75, 3.05) is 13.1 Å². The Hall–Kier alpha value is -1.93. The van der Waals surface area contributed by atoms with Gasteiger partial charge >= 0.3 is 5.97 Å². The largest absolute Gasteiger partial charge is 0.449 e. The first-order valence-electron chi connectivity index (χ1n) is 9.49. The van der Waals surface area contributed by atoms with Gasteiger partial charge in [-0.3, -0.25) is 4.79 Å². The first-order chi connectivity index (χ1) is 12.9. The zero-order chi connectivity index (χ0) is 19.4. The Kier molecular flexibility index (Phi) is 6.16. The smallest absolute Gasteiger partial charge is 0.338 e. The topological polar surface area (TPSA) is 92.8 Å². The van der Waals surface area contributed by atoms with E-state index in [-0.39, 0.29) is 22.4 Å². The van der Waals surface area contributed by atoms with Crippen LogP contribution in [0.3, 0.4) is 0 Å². The van der Waals surface area contributed by atoms with Gasteiger partial charge in [-0.25, -0.2) is 13.2 Å². The van der Waals surface area contributed by atoms with Gasteiger partial charge in [-0.05, 0) is 50.8 Å². The van der Waals surface area contributed by atoms with Crippen LogP contribution in [0, 0.1) is 0 Å². The average Bonchev–Trinajstić information content (AvgIpc) is 3.48. The van der Waals surface area contributed by atoms with Crippen molar-refractivity contribution in [1.82, 2.24) is 9.62 Å². The Morgan fingerprint density at radius 2 is 1.81 bits per heavy atom. The minimum Gasteiger partial charge on any atom is -0.449 e. The molecule has 7 nitrogen and oxygen atoms in total. The molecule has 3 rings (SSSR count). The number of sulfonamides is 1. The molecule has 1 saturated carbocycles. The number of rotatable bonds is 6. The van der Waals surface area contributed by atoms with Gasteiger partial charge in [0.2, 0.25) is 10.0 Å². The van der Waals surface area contributed by atoms with Gasteiger partial charge in [0.15, 0.2) is 6.10 Å². The number of hydrogen-bond acceptors (Lipinski definition) is 5. The molecule has 27 heavy (non-hydrogen) atoms. The molecular weight excluding hydrogens is 368 g/mol. The van der Waals surface area contributed by atoms with Crippen LogP contribution in [0.5, 0.6) is 0 Å². The van der Waals surface area contributed by atoms with Gasteiger partial charge in [-0.1, -0.05) is 18.9 Å². The molecule has 0 bridgehead atoms. The van der Waals surface area contributed by atoms with Crippen molar-refractivity contribution in [3.05, 3.63) is 29.8 Å². The summed E-state index contributed by atoms with van der Waals surface area (Å²) in [6.45, 7) is 2.50. The Morgan fingerprint density at radius 3 is 2.44 bits per heavy atom. The van der Waals surface area contributed by atoms with E-state index in [9.17, 15) is 18.0 Å². The summed E-state index contributed by atoms with van der Waals surface area (Å²) in [6.07, 6.45) is 4.71. The number of nitrogens with zero attached hydrogens (tertiary/aromatic N) is 1. The highest BCUT2D eigenvalue weighted by molar-refractivity contribution is 7.89. The second-order valence-electron chi connectivity index (χ2n) is 7.18. The van der Waals surface area contributed by atoms with Crippen LogP contribution in [0.15, 0.2) is 29.2 Å². The molecule has 0 unspecified atom stereocenters. The third-order valence-corrected chi connectivity index (χ3v) is 6.74. The predicted octanol–water partition coefficient (Wildman–Crippen LogP) is 2.08. The number of ether oxygens (including phenoxy) is 1. The van der Waals surface area contributed by atoms with E-state index >= 15 is 0 Å². The van der Waals surface area contributed by atoms with Gasteiger partial charge in [0, 0.05) is 19.1 Å². The van der Waals surface area contributed by atoms with Crippen LogP contribution in [-0.2, 0) is 19.6 Å². The van der Waals surface area contributed by atoms with E-state index in [0.29, 0.717) is 13.1 Å². The Morgan fingerprint density at radius 1 is 1.15 bits per heavy atom. The number of esters is 1. The minimum absolute atomic E-state index is 0.0777. The third-order valence-electron chi connectivity index (χ3n) is 4.85. The van der Waals surface area contributed by atoms with Crippen LogP contribution in [0.2, 0.25) is 0 Å². The number of amides is 1. The minimum atomic E-state index is -3.65. The van der Waals surface area contributed by atoms with Crippen LogP contribution >= 0.6 is 0 Å². The molecule has 1 aliphatic carbocycles. The van der Waals surface area contributed by atoms with Crippen molar-refractivity contribution >= 4 is 21.9 Å². The van der Waals surface area contributed by atoms with Crippen LogP contribution in [0.25, 0.3) is 0 Å². The first-order valence-corrected chi connectivity index (χ1v) is 10.9. The molecule has 2 aliphatic rings. The van der Waals surface area contributed by atoms with Crippen molar-refractivity contribution in [3.63, 3.8) is 0 Å².